The van der Waals surface area contributed by atoms with E-state index >= 15 is 0 Å². The Labute approximate surface area is 129 Å². The second-order valence-electron chi connectivity index (χ2n) is 5.34. The van der Waals surface area contributed by atoms with E-state index in [2.05, 4.69) is 37.3 Å². The molecule has 1 rings (SSSR count). The van der Waals surface area contributed by atoms with Crippen molar-refractivity contribution in [2.24, 2.45) is 0 Å². The minimum atomic E-state index is 0.155. The average molecular weight is 287 g/mol. The van der Waals surface area contributed by atoms with Gasteiger partial charge in [-0.05, 0) is 44.9 Å². The van der Waals surface area contributed by atoms with Gasteiger partial charge < -0.3 is 4.90 Å². The van der Waals surface area contributed by atoms with E-state index in [0.29, 0.717) is 0 Å². The summed E-state index contributed by atoms with van der Waals surface area (Å²) in [5.41, 5.74) is 0. The lowest BCUT2D eigenvalue weighted by atomic mass is 10.1. The summed E-state index contributed by atoms with van der Waals surface area (Å²) in [4.78, 5) is 13.8. The van der Waals surface area contributed by atoms with E-state index in [1.165, 1.54) is 6.42 Å². The zero-order valence-electron chi connectivity index (χ0n) is 13.3. The molecule has 2 nitrogen and oxygen atoms in total. The topological polar surface area (TPSA) is 20.3 Å². The third-order valence-electron chi connectivity index (χ3n) is 3.49. The van der Waals surface area contributed by atoms with Crippen molar-refractivity contribution < 1.29 is 4.79 Å². The first kappa shape index (κ1) is 17.5. The minimum absolute atomic E-state index is 0.155. The molecule has 2 heteroatoms. The Bertz CT molecular complexity index is 384. The van der Waals surface area contributed by atoms with Gasteiger partial charge in [-0.15, -0.1) is 0 Å². The fraction of sp³-hybridized carbons (Fsp3) is 0.526. The molecule has 0 N–H and O–H groups in total. The summed E-state index contributed by atoms with van der Waals surface area (Å²) >= 11 is 0. The molecule has 0 aromatic heterocycles. The molecule has 1 saturated heterocycles. The number of unbranched alkanes of at least 4 members (excludes halogenated alkanes) is 1. The van der Waals surface area contributed by atoms with Crippen LogP contribution in [0.1, 0.15) is 51.9 Å². The van der Waals surface area contributed by atoms with E-state index in [1.54, 1.807) is 6.08 Å². The zero-order valence-corrected chi connectivity index (χ0v) is 13.3. The molecule has 1 aliphatic rings. The van der Waals surface area contributed by atoms with Crippen molar-refractivity contribution in [1.29, 1.82) is 0 Å². The van der Waals surface area contributed by atoms with Crippen molar-refractivity contribution in [3.63, 3.8) is 0 Å². The first-order valence-electron chi connectivity index (χ1n) is 8.26. The molecule has 0 aliphatic carbocycles. The molecule has 0 spiro atoms. The normalized spacial score (nSPS) is 16.9. The quantitative estimate of drug-likeness (QED) is 0.272. The molecule has 1 heterocycles. The Balaban J connectivity index is 2.09. The molecule has 1 aliphatic heterocycles. The number of amides is 1. The summed E-state index contributed by atoms with van der Waals surface area (Å²) in [7, 11) is 0. The number of rotatable bonds is 8. The molecule has 0 aromatic carbocycles. The lowest BCUT2D eigenvalue weighted by Gasteiger charge is -2.25. The predicted molar refractivity (Wildman–Crippen MR) is 91.1 cm³/mol. The Morgan fingerprint density at radius 1 is 0.905 bits per heavy atom. The van der Waals surface area contributed by atoms with Crippen LogP contribution < -0.4 is 0 Å². The molecular weight excluding hydrogens is 258 g/mol. The summed E-state index contributed by atoms with van der Waals surface area (Å²) in [6, 6.07) is 0. The van der Waals surface area contributed by atoms with Crippen LogP contribution in [0.5, 0.6) is 0 Å². The Morgan fingerprint density at radius 3 is 2.38 bits per heavy atom. The van der Waals surface area contributed by atoms with Gasteiger partial charge in [-0.3, -0.25) is 4.79 Å². The van der Waals surface area contributed by atoms with Crippen LogP contribution in [0.3, 0.4) is 0 Å². The van der Waals surface area contributed by atoms with Gasteiger partial charge in [0, 0.05) is 19.2 Å². The molecule has 0 radical (unpaired) electrons. The van der Waals surface area contributed by atoms with E-state index in [1.807, 2.05) is 17.1 Å². The van der Waals surface area contributed by atoms with Gasteiger partial charge in [-0.2, -0.15) is 0 Å². The lowest BCUT2D eigenvalue weighted by Crippen LogP contribution is -2.34. The van der Waals surface area contributed by atoms with Crippen molar-refractivity contribution in [2.75, 3.05) is 13.1 Å². The fourth-order valence-electron chi connectivity index (χ4n) is 2.28. The van der Waals surface area contributed by atoms with Crippen LogP contribution in [0, 0.1) is 0 Å². The molecule has 1 amide bonds. The maximum atomic E-state index is 11.8. The number of nitrogens with zero attached hydrogens (tertiary/aromatic N) is 1. The van der Waals surface area contributed by atoms with Crippen molar-refractivity contribution in [1.82, 2.24) is 4.90 Å². The van der Waals surface area contributed by atoms with Gasteiger partial charge in [-0.25, -0.2) is 0 Å². The second kappa shape index (κ2) is 12.2. The third-order valence-corrected chi connectivity index (χ3v) is 3.49. The highest BCUT2D eigenvalue weighted by atomic mass is 16.2. The van der Waals surface area contributed by atoms with E-state index in [-0.39, 0.29) is 5.91 Å². The van der Waals surface area contributed by atoms with Gasteiger partial charge in [0.2, 0.25) is 5.91 Å². The average Bonchev–Trinajstić information content (AvgIpc) is 2.53. The number of hydrogen-bond donors (Lipinski definition) is 0. The Kier molecular flexibility index (Phi) is 10.1. The van der Waals surface area contributed by atoms with E-state index in [0.717, 1.165) is 51.6 Å². The summed E-state index contributed by atoms with van der Waals surface area (Å²) < 4.78 is 0. The molecule has 0 aromatic rings. The van der Waals surface area contributed by atoms with E-state index in [4.69, 9.17) is 0 Å². The molecule has 0 unspecified atom stereocenters. The van der Waals surface area contributed by atoms with Crippen LogP contribution in [0.25, 0.3) is 0 Å². The number of piperidine rings is 1. The zero-order chi connectivity index (χ0) is 15.2. The summed E-state index contributed by atoms with van der Waals surface area (Å²) in [5.74, 6) is 0.155. The predicted octanol–water partition coefficient (Wildman–Crippen LogP) is 4.80. The highest BCUT2D eigenvalue weighted by Crippen LogP contribution is 2.08. The van der Waals surface area contributed by atoms with Crippen molar-refractivity contribution in [3.05, 3.63) is 48.6 Å². The van der Waals surface area contributed by atoms with Crippen LogP contribution in [-0.4, -0.2) is 23.9 Å². The minimum Gasteiger partial charge on any atom is -0.339 e. The molecular formula is C19H29NO. The highest BCUT2D eigenvalue weighted by Gasteiger charge is 2.12. The lowest BCUT2D eigenvalue weighted by molar-refractivity contribution is -0.126. The van der Waals surface area contributed by atoms with Gasteiger partial charge in [0.1, 0.15) is 0 Å². The third kappa shape index (κ3) is 9.06. The molecule has 1 fully saturated rings. The second-order valence-corrected chi connectivity index (χ2v) is 5.34. The van der Waals surface area contributed by atoms with E-state index < -0.39 is 0 Å². The maximum absolute atomic E-state index is 11.8. The van der Waals surface area contributed by atoms with Crippen molar-refractivity contribution >= 4 is 5.91 Å². The van der Waals surface area contributed by atoms with E-state index in [9.17, 15) is 4.79 Å². The first-order chi connectivity index (χ1) is 10.3. The summed E-state index contributed by atoms with van der Waals surface area (Å²) in [5, 5.41) is 0. The van der Waals surface area contributed by atoms with Gasteiger partial charge >= 0.3 is 0 Å². The monoisotopic (exact) mass is 287 g/mol. The van der Waals surface area contributed by atoms with Crippen LogP contribution in [0.15, 0.2) is 48.6 Å². The molecule has 0 bridgehead atoms. The van der Waals surface area contributed by atoms with Crippen LogP contribution in [-0.2, 0) is 4.79 Å². The largest absolute Gasteiger partial charge is 0.339 e. The van der Waals surface area contributed by atoms with Crippen molar-refractivity contribution in [3.8, 4) is 0 Å². The summed E-state index contributed by atoms with van der Waals surface area (Å²) in [6.45, 7) is 3.99. The highest BCUT2D eigenvalue weighted by molar-refractivity contribution is 5.87. The molecule has 116 valence electrons. The standard InChI is InChI=1S/C19H29NO/c1-2-3-4-5-6-7-8-9-10-11-13-16-19(21)20-17-14-12-15-18-20/h3-4,6-7,10-11,13,16H,2,5,8-9,12,14-15,17-18H2,1H3. The van der Waals surface area contributed by atoms with Gasteiger partial charge in [0.15, 0.2) is 0 Å². The molecule has 21 heavy (non-hydrogen) atoms. The maximum Gasteiger partial charge on any atom is 0.246 e. The fourth-order valence-corrected chi connectivity index (χ4v) is 2.28. The number of likely N-dealkylation sites (tertiary alicyclic amines) is 1. The number of allylic oxidation sites excluding steroid dienone is 7. The number of carbonyl (C=O) groups is 1. The first-order valence-corrected chi connectivity index (χ1v) is 8.26. The van der Waals surface area contributed by atoms with Gasteiger partial charge in [-0.1, -0.05) is 49.5 Å². The summed E-state index contributed by atoms with van der Waals surface area (Å²) in [6.07, 6.45) is 24.2. The Morgan fingerprint density at radius 2 is 1.62 bits per heavy atom. The van der Waals surface area contributed by atoms with Crippen molar-refractivity contribution in [2.45, 2.75) is 51.9 Å². The van der Waals surface area contributed by atoms with Gasteiger partial charge in [0.05, 0.1) is 0 Å². The van der Waals surface area contributed by atoms with Crippen LogP contribution in [0.4, 0.5) is 0 Å². The number of carbonyl (C=O) groups excluding carboxylic acids is 1. The Hall–Kier alpha value is -1.57. The smallest absolute Gasteiger partial charge is 0.246 e. The molecule has 0 saturated carbocycles. The number of hydrogen-bond acceptors (Lipinski definition) is 1. The van der Waals surface area contributed by atoms with Crippen LogP contribution >= 0.6 is 0 Å². The molecule has 0 atom stereocenters. The van der Waals surface area contributed by atoms with Gasteiger partial charge in [0.25, 0.3) is 0 Å². The van der Waals surface area contributed by atoms with Crippen LogP contribution in [0.2, 0.25) is 0 Å². The SMILES string of the molecule is CCC=CCC=CCCC=CC=CC(=O)N1CCCCC1.